The average molecular weight is 721 g/mol. The number of phenolic OH excluding ortho intramolecular Hbond substituents is 1. The third-order valence-electron chi connectivity index (χ3n) is 10.5. The largest absolute Gasteiger partial charge is 0.506 e. The fourth-order valence-electron chi connectivity index (χ4n) is 7.55. The third kappa shape index (κ3) is 8.24. The number of carbonyl (C=O) groups is 3. The highest BCUT2D eigenvalue weighted by Gasteiger charge is 2.38. The van der Waals surface area contributed by atoms with E-state index in [-0.39, 0.29) is 37.1 Å². The molecular formula is C35H44ClF3N6O5. The summed E-state index contributed by atoms with van der Waals surface area (Å²) in [5, 5.41) is 12.5. The van der Waals surface area contributed by atoms with Crippen LogP contribution in [0.15, 0.2) is 36.4 Å². The number of likely N-dealkylation sites (tertiary alicyclic amines) is 2. The summed E-state index contributed by atoms with van der Waals surface area (Å²) in [6, 6.07) is 9.70. The highest BCUT2D eigenvalue weighted by atomic mass is 35.5. The molecule has 4 aliphatic rings. The number of para-hydroxylation sites is 1. The van der Waals surface area contributed by atoms with E-state index in [0.29, 0.717) is 58.0 Å². The molecule has 0 bridgehead atoms. The molecule has 6 rings (SSSR count). The second kappa shape index (κ2) is 15.2. The first-order valence-electron chi connectivity index (χ1n) is 17.3. The van der Waals surface area contributed by atoms with Gasteiger partial charge >= 0.3 is 18.3 Å². The predicted molar refractivity (Wildman–Crippen MR) is 181 cm³/mol. The Morgan fingerprint density at radius 3 is 2.28 bits per heavy atom. The highest BCUT2D eigenvalue weighted by Crippen LogP contribution is 2.40. The molecule has 3 fully saturated rings. The van der Waals surface area contributed by atoms with Gasteiger partial charge in [-0.1, -0.05) is 29.8 Å². The van der Waals surface area contributed by atoms with Crippen molar-refractivity contribution in [2.45, 2.75) is 62.9 Å². The van der Waals surface area contributed by atoms with Crippen LogP contribution in [0.5, 0.6) is 5.75 Å². The molecule has 0 spiro atoms. The van der Waals surface area contributed by atoms with E-state index in [1.54, 1.807) is 9.80 Å². The molecule has 0 unspecified atom stereocenters. The number of hydrogen-bond acceptors (Lipinski definition) is 7. The molecule has 4 heterocycles. The molecule has 0 aliphatic carbocycles. The van der Waals surface area contributed by atoms with Crippen LogP contribution >= 0.6 is 11.6 Å². The van der Waals surface area contributed by atoms with Crippen molar-refractivity contribution in [3.05, 3.63) is 58.1 Å². The van der Waals surface area contributed by atoms with Gasteiger partial charge in [0.2, 0.25) is 0 Å². The van der Waals surface area contributed by atoms with Crippen LogP contribution in [0.25, 0.3) is 0 Å². The lowest BCUT2D eigenvalue weighted by Gasteiger charge is -2.42. The number of nitrogens with zero attached hydrogens (tertiary/aromatic N) is 5. The predicted octanol–water partition coefficient (Wildman–Crippen LogP) is 4.91. The maximum absolute atomic E-state index is 14.0. The number of nitrogens with one attached hydrogen (secondary N) is 1. The van der Waals surface area contributed by atoms with E-state index < -0.39 is 40.6 Å². The number of ether oxygens (including phenoxy) is 1. The molecule has 4 amide bonds. The average Bonchev–Trinajstić information content (AvgIpc) is 3.27. The SMILES string of the molecule is CN1CCC(N2CCN(C(=O)[C@@H](Cc3cc(Cl)c(O)c(C(F)(F)F)c3)OC(=O)N3CCC(N4CCc5ccccc5NC4=O)CC3)CC2)CC1. The fourth-order valence-corrected chi connectivity index (χ4v) is 7.79. The first-order valence-corrected chi connectivity index (χ1v) is 17.7. The van der Waals surface area contributed by atoms with Crippen molar-refractivity contribution >= 4 is 35.3 Å². The lowest BCUT2D eigenvalue weighted by molar-refractivity contribution is -0.143. The first-order chi connectivity index (χ1) is 23.9. The molecule has 15 heteroatoms. The number of fused-ring (bicyclic) bond motifs is 1. The summed E-state index contributed by atoms with van der Waals surface area (Å²) in [5.41, 5.74) is 0.521. The van der Waals surface area contributed by atoms with E-state index in [1.165, 1.54) is 4.90 Å². The molecular weight excluding hydrogens is 677 g/mol. The number of alkyl halides is 3. The number of piperazine rings is 1. The van der Waals surface area contributed by atoms with Gasteiger partial charge in [-0.3, -0.25) is 9.69 Å². The summed E-state index contributed by atoms with van der Waals surface area (Å²) < 4.78 is 47.0. The Hall–Kier alpha value is -3.75. The van der Waals surface area contributed by atoms with Gasteiger partial charge in [-0.15, -0.1) is 0 Å². The molecule has 272 valence electrons. The summed E-state index contributed by atoms with van der Waals surface area (Å²) in [5.74, 6) is -1.59. The molecule has 11 nitrogen and oxygen atoms in total. The Labute approximate surface area is 294 Å². The van der Waals surface area contributed by atoms with Crippen LogP contribution in [0.1, 0.15) is 42.4 Å². The van der Waals surface area contributed by atoms with Crippen molar-refractivity contribution < 1.29 is 37.4 Å². The number of halogens is 4. The zero-order valence-corrected chi connectivity index (χ0v) is 28.9. The number of amides is 4. The molecule has 2 N–H and O–H groups in total. The summed E-state index contributed by atoms with van der Waals surface area (Å²) in [4.78, 5) is 50.1. The van der Waals surface area contributed by atoms with Crippen LogP contribution < -0.4 is 5.32 Å². The van der Waals surface area contributed by atoms with Gasteiger partial charge in [-0.05, 0) is 81.6 Å². The van der Waals surface area contributed by atoms with E-state index in [9.17, 15) is 32.7 Å². The normalized spacial score (nSPS) is 21.0. The van der Waals surface area contributed by atoms with E-state index >= 15 is 0 Å². The molecule has 0 radical (unpaired) electrons. The zero-order valence-electron chi connectivity index (χ0n) is 28.1. The quantitative estimate of drug-likeness (QED) is 0.437. The molecule has 0 aromatic heterocycles. The fraction of sp³-hybridized carbons (Fsp3) is 0.571. The minimum atomic E-state index is -4.89. The maximum Gasteiger partial charge on any atom is 0.420 e. The molecule has 4 aliphatic heterocycles. The standard InChI is InChI=1S/C35H44ClF3N6O5/c1-41-11-7-25(8-12-41)42-16-18-43(19-17-42)32(47)30(22-23-20-27(35(37,38)39)31(46)28(36)21-23)50-34(49)44-13-9-26(10-14-44)45-15-6-24-4-2-3-5-29(24)40-33(45)48/h2-5,20-21,25-26,30,46H,6-19,22H2,1H3,(H,40,48)/t30-/m1/s1. The minimum Gasteiger partial charge on any atom is -0.506 e. The second-order valence-electron chi connectivity index (χ2n) is 13.7. The number of rotatable bonds is 6. The Kier molecular flexibility index (Phi) is 11.0. The van der Waals surface area contributed by atoms with Gasteiger partial charge in [0.25, 0.3) is 5.91 Å². The van der Waals surface area contributed by atoms with Crippen LogP contribution in [0.2, 0.25) is 5.02 Å². The Balaban J connectivity index is 1.12. The number of anilines is 1. The van der Waals surface area contributed by atoms with Crippen LogP contribution in [-0.4, -0.2) is 132 Å². The van der Waals surface area contributed by atoms with E-state index in [2.05, 4.69) is 22.2 Å². The number of phenols is 1. The van der Waals surface area contributed by atoms with Crippen LogP contribution in [-0.2, 0) is 28.5 Å². The molecule has 1 atom stereocenters. The number of piperidine rings is 2. The Morgan fingerprint density at radius 2 is 1.60 bits per heavy atom. The number of carbonyl (C=O) groups excluding carboxylic acids is 3. The molecule has 3 saturated heterocycles. The van der Waals surface area contributed by atoms with Gasteiger partial charge in [0.05, 0.1) is 10.6 Å². The molecule has 0 saturated carbocycles. The lowest BCUT2D eigenvalue weighted by atomic mass is 10.0. The topological polar surface area (TPSA) is 109 Å². The van der Waals surface area contributed by atoms with Crippen LogP contribution in [0, 0.1) is 0 Å². The molecule has 2 aromatic rings. The van der Waals surface area contributed by atoms with Crippen LogP contribution in [0.4, 0.5) is 28.4 Å². The summed E-state index contributed by atoms with van der Waals surface area (Å²) in [6.07, 6.45) is -3.62. The molecule has 2 aromatic carbocycles. The lowest BCUT2D eigenvalue weighted by Crippen LogP contribution is -2.56. The second-order valence-corrected chi connectivity index (χ2v) is 14.1. The Bertz CT molecular complexity index is 1560. The third-order valence-corrected chi connectivity index (χ3v) is 10.8. The van der Waals surface area contributed by atoms with Gasteiger partial charge in [0.15, 0.2) is 6.10 Å². The molecule has 50 heavy (non-hydrogen) atoms. The monoisotopic (exact) mass is 720 g/mol. The number of aromatic hydroxyl groups is 1. The van der Waals surface area contributed by atoms with Gasteiger partial charge in [-0.25, -0.2) is 9.59 Å². The van der Waals surface area contributed by atoms with Gasteiger partial charge in [0.1, 0.15) is 5.75 Å². The van der Waals surface area contributed by atoms with E-state index in [0.717, 1.165) is 49.3 Å². The van der Waals surface area contributed by atoms with Crippen LogP contribution in [0.3, 0.4) is 0 Å². The van der Waals surface area contributed by atoms with Crippen molar-refractivity contribution in [2.75, 3.05) is 71.3 Å². The zero-order chi connectivity index (χ0) is 35.6. The summed E-state index contributed by atoms with van der Waals surface area (Å²) in [7, 11) is 2.10. The van der Waals surface area contributed by atoms with E-state index in [1.807, 2.05) is 24.3 Å². The van der Waals surface area contributed by atoms with Gasteiger partial charge in [-0.2, -0.15) is 13.2 Å². The minimum absolute atomic E-state index is 0.00289. The van der Waals surface area contributed by atoms with Gasteiger partial charge < -0.3 is 34.8 Å². The number of hydrogen-bond donors (Lipinski definition) is 2. The first kappa shape index (κ1) is 36.1. The number of urea groups is 1. The van der Waals surface area contributed by atoms with Crippen molar-refractivity contribution in [2.24, 2.45) is 0 Å². The van der Waals surface area contributed by atoms with Crippen molar-refractivity contribution in [3.63, 3.8) is 0 Å². The summed E-state index contributed by atoms with van der Waals surface area (Å²) in [6.45, 7) is 5.20. The van der Waals surface area contributed by atoms with Crippen molar-refractivity contribution in [1.29, 1.82) is 0 Å². The van der Waals surface area contributed by atoms with Gasteiger partial charge in [0, 0.05) is 70.0 Å². The smallest absolute Gasteiger partial charge is 0.420 e. The van der Waals surface area contributed by atoms with E-state index in [4.69, 9.17) is 16.3 Å². The van der Waals surface area contributed by atoms with Crippen molar-refractivity contribution in [3.8, 4) is 5.75 Å². The van der Waals surface area contributed by atoms with Crippen molar-refractivity contribution in [1.82, 2.24) is 24.5 Å². The maximum atomic E-state index is 14.0. The summed E-state index contributed by atoms with van der Waals surface area (Å²) >= 11 is 5.99. The highest BCUT2D eigenvalue weighted by molar-refractivity contribution is 6.32. The number of benzene rings is 2. The Morgan fingerprint density at radius 1 is 0.940 bits per heavy atom.